The Morgan fingerprint density at radius 2 is 1.48 bits per heavy atom. The number of β-amino-alcohol motifs (C(OH)–C–C–N with tert-alkyl or cyclic N) is 1. The van der Waals surface area contributed by atoms with Gasteiger partial charge in [-0.3, -0.25) is 4.90 Å². The molecule has 122 valence electrons. The molecule has 1 saturated heterocycles. The molecule has 23 heavy (non-hydrogen) atoms. The molecule has 0 radical (unpaired) electrons. The Hall–Kier alpha value is -1.49. The van der Waals surface area contributed by atoms with Crippen molar-refractivity contribution >= 4 is 17.4 Å². The fourth-order valence-electron chi connectivity index (χ4n) is 2.89. The van der Waals surface area contributed by atoms with E-state index >= 15 is 0 Å². The van der Waals surface area contributed by atoms with Crippen molar-refractivity contribution in [1.82, 2.24) is 4.90 Å². The normalized spacial score (nSPS) is 17.2. The SMILES string of the molecule is O[C@@H](CSc1ccccc1)CN1CCN(c2ccccc2)CC1. The fourth-order valence-corrected chi connectivity index (χ4v) is 3.73. The van der Waals surface area contributed by atoms with Gasteiger partial charge in [-0.15, -0.1) is 11.8 Å². The Morgan fingerprint density at radius 3 is 2.13 bits per heavy atom. The van der Waals surface area contributed by atoms with Crippen molar-refractivity contribution in [2.75, 3.05) is 43.4 Å². The first kappa shape index (κ1) is 16.4. The number of thioether (sulfide) groups is 1. The van der Waals surface area contributed by atoms with E-state index in [0.717, 1.165) is 38.5 Å². The van der Waals surface area contributed by atoms with Gasteiger partial charge < -0.3 is 10.0 Å². The third kappa shape index (κ3) is 4.99. The second-order valence-corrected chi connectivity index (χ2v) is 6.99. The molecule has 1 aliphatic rings. The molecule has 3 nitrogen and oxygen atoms in total. The number of rotatable bonds is 6. The average molecular weight is 328 g/mol. The molecular weight excluding hydrogens is 304 g/mol. The number of para-hydroxylation sites is 1. The standard InChI is InChI=1S/C19H24N2OS/c22-18(16-23-19-9-5-2-6-10-19)15-20-11-13-21(14-12-20)17-7-3-1-4-8-17/h1-10,18,22H,11-16H2/t18-/m1/s1. The minimum atomic E-state index is -0.275. The third-order valence-electron chi connectivity index (χ3n) is 4.15. The van der Waals surface area contributed by atoms with Crippen molar-refractivity contribution in [3.63, 3.8) is 0 Å². The van der Waals surface area contributed by atoms with Crippen LogP contribution in [0, 0.1) is 0 Å². The van der Waals surface area contributed by atoms with E-state index in [2.05, 4.69) is 52.3 Å². The summed E-state index contributed by atoms with van der Waals surface area (Å²) in [5.74, 6) is 0.753. The quantitative estimate of drug-likeness (QED) is 0.825. The molecule has 2 aromatic carbocycles. The van der Waals surface area contributed by atoms with Gasteiger partial charge in [0.2, 0.25) is 0 Å². The number of benzene rings is 2. The molecule has 0 amide bonds. The molecule has 1 N–H and O–H groups in total. The average Bonchev–Trinajstić information content (AvgIpc) is 2.62. The van der Waals surface area contributed by atoms with Crippen LogP contribution in [-0.4, -0.2) is 54.6 Å². The number of hydrogen-bond donors (Lipinski definition) is 1. The Labute approximate surface area is 142 Å². The highest BCUT2D eigenvalue weighted by Gasteiger charge is 2.19. The smallest absolute Gasteiger partial charge is 0.0760 e. The maximum Gasteiger partial charge on any atom is 0.0760 e. The Bertz CT molecular complexity index is 570. The van der Waals surface area contributed by atoms with Crippen LogP contribution in [0.2, 0.25) is 0 Å². The van der Waals surface area contributed by atoms with E-state index in [-0.39, 0.29) is 6.10 Å². The fraction of sp³-hybridized carbons (Fsp3) is 0.368. The first-order valence-corrected chi connectivity index (χ1v) is 9.18. The van der Waals surface area contributed by atoms with Crippen molar-refractivity contribution in [3.8, 4) is 0 Å². The van der Waals surface area contributed by atoms with Gasteiger partial charge in [0.1, 0.15) is 0 Å². The van der Waals surface area contributed by atoms with Crippen molar-refractivity contribution in [1.29, 1.82) is 0 Å². The van der Waals surface area contributed by atoms with Crippen LogP contribution < -0.4 is 4.90 Å². The maximum absolute atomic E-state index is 10.3. The zero-order chi connectivity index (χ0) is 15.9. The molecule has 1 heterocycles. The summed E-state index contributed by atoms with van der Waals surface area (Å²) >= 11 is 1.73. The third-order valence-corrected chi connectivity index (χ3v) is 5.31. The van der Waals surface area contributed by atoms with Gasteiger partial charge in [-0.05, 0) is 24.3 Å². The molecule has 0 unspecified atom stereocenters. The highest BCUT2D eigenvalue weighted by Crippen LogP contribution is 2.19. The number of hydrogen-bond acceptors (Lipinski definition) is 4. The van der Waals surface area contributed by atoms with Crippen LogP contribution in [0.4, 0.5) is 5.69 Å². The summed E-state index contributed by atoms with van der Waals surface area (Å²) in [5, 5.41) is 10.3. The first-order chi connectivity index (χ1) is 11.3. The molecule has 1 atom stereocenters. The largest absolute Gasteiger partial charge is 0.391 e. The summed E-state index contributed by atoms with van der Waals surface area (Å²) in [5.41, 5.74) is 1.30. The van der Waals surface area contributed by atoms with Gasteiger partial charge in [-0.2, -0.15) is 0 Å². The first-order valence-electron chi connectivity index (χ1n) is 8.19. The van der Waals surface area contributed by atoms with Crippen molar-refractivity contribution < 1.29 is 5.11 Å². The summed E-state index contributed by atoms with van der Waals surface area (Å²) in [6, 6.07) is 20.9. The second kappa shape index (κ2) is 8.39. The van der Waals surface area contributed by atoms with E-state index < -0.39 is 0 Å². The van der Waals surface area contributed by atoms with Crippen LogP contribution in [0.3, 0.4) is 0 Å². The molecule has 2 aromatic rings. The molecule has 1 aliphatic heterocycles. The molecule has 0 aromatic heterocycles. The van der Waals surface area contributed by atoms with Gasteiger partial charge >= 0.3 is 0 Å². The van der Waals surface area contributed by atoms with Gasteiger partial charge in [0, 0.05) is 49.1 Å². The van der Waals surface area contributed by atoms with Gasteiger partial charge in [-0.25, -0.2) is 0 Å². The van der Waals surface area contributed by atoms with E-state index in [9.17, 15) is 5.11 Å². The zero-order valence-electron chi connectivity index (χ0n) is 13.3. The number of anilines is 1. The minimum absolute atomic E-state index is 0.275. The monoisotopic (exact) mass is 328 g/mol. The van der Waals surface area contributed by atoms with E-state index in [1.807, 2.05) is 18.2 Å². The highest BCUT2D eigenvalue weighted by atomic mass is 32.2. The predicted molar refractivity (Wildman–Crippen MR) is 98.3 cm³/mol. The highest BCUT2D eigenvalue weighted by molar-refractivity contribution is 7.99. The summed E-state index contributed by atoms with van der Waals surface area (Å²) in [7, 11) is 0. The summed E-state index contributed by atoms with van der Waals surface area (Å²) in [6.07, 6.45) is -0.275. The van der Waals surface area contributed by atoms with Crippen LogP contribution in [0.15, 0.2) is 65.6 Å². The van der Waals surface area contributed by atoms with Crippen LogP contribution in [0.1, 0.15) is 0 Å². The topological polar surface area (TPSA) is 26.7 Å². The summed E-state index contributed by atoms with van der Waals surface area (Å²) < 4.78 is 0. The predicted octanol–water partition coefficient (Wildman–Crippen LogP) is 2.96. The van der Waals surface area contributed by atoms with E-state index in [0.29, 0.717) is 0 Å². The molecule has 1 fully saturated rings. The van der Waals surface area contributed by atoms with Crippen molar-refractivity contribution in [2.45, 2.75) is 11.0 Å². The van der Waals surface area contributed by atoms with Crippen molar-refractivity contribution in [2.24, 2.45) is 0 Å². The second-order valence-electron chi connectivity index (χ2n) is 5.90. The molecule has 0 aliphatic carbocycles. The van der Waals surface area contributed by atoms with Gasteiger partial charge in [0.05, 0.1) is 6.10 Å². The minimum Gasteiger partial charge on any atom is -0.391 e. The Balaban J connectivity index is 1.40. The van der Waals surface area contributed by atoms with Crippen LogP contribution in [0.5, 0.6) is 0 Å². The number of aliphatic hydroxyl groups is 1. The number of piperazine rings is 1. The molecule has 3 rings (SSSR count). The Kier molecular flexibility index (Phi) is 5.97. The lowest BCUT2D eigenvalue weighted by molar-refractivity contribution is 0.126. The number of aliphatic hydroxyl groups excluding tert-OH is 1. The van der Waals surface area contributed by atoms with Crippen LogP contribution >= 0.6 is 11.8 Å². The summed E-state index contributed by atoms with van der Waals surface area (Å²) in [4.78, 5) is 6.01. The molecule has 4 heteroatoms. The lowest BCUT2D eigenvalue weighted by Gasteiger charge is -2.36. The lowest BCUT2D eigenvalue weighted by atomic mass is 10.2. The summed E-state index contributed by atoms with van der Waals surface area (Å²) in [6.45, 7) is 4.86. The lowest BCUT2D eigenvalue weighted by Crippen LogP contribution is -2.48. The van der Waals surface area contributed by atoms with Crippen LogP contribution in [-0.2, 0) is 0 Å². The Morgan fingerprint density at radius 1 is 0.870 bits per heavy atom. The molecular formula is C19H24N2OS. The van der Waals surface area contributed by atoms with E-state index in [1.165, 1.54) is 10.6 Å². The van der Waals surface area contributed by atoms with Crippen molar-refractivity contribution in [3.05, 3.63) is 60.7 Å². The van der Waals surface area contributed by atoms with Gasteiger partial charge in [0.25, 0.3) is 0 Å². The van der Waals surface area contributed by atoms with Gasteiger partial charge in [0.15, 0.2) is 0 Å². The zero-order valence-corrected chi connectivity index (χ0v) is 14.2. The maximum atomic E-state index is 10.3. The van der Waals surface area contributed by atoms with Crippen LogP contribution in [0.25, 0.3) is 0 Å². The molecule has 0 saturated carbocycles. The molecule has 0 bridgehead atoms. The van der Waals surface area contributed by atoms with E-state index in [4.69, 9.17) is 0 Å². The number of nitrogens with zero attached hydrogens (tertiary/aromatic N) is 2. The van der Waals surface area contributed by atoms with E-state index in [1.54, 1.807) is 11.8 Å². The van der Waals surface area contributed by atoms with Gasteiger partial charge in [-0.1, -0.05) is 36.4 Å². The molecule has 0 spiro atoms.